The van der Waals surface area contributed by atoms with Crippen LogP contribution in [0.25, 0.3) is 0 Å². The molecule has 0 heterocycles. The van der Waals surface area contributed by atoms with Gasteiger partial charge >= 0.3 is 0 Å². The quantitative estimate of drug-likeness (QED) is 0.784. The summed E-state index contributed by atoms with van der Waals surface area (Å²) in [5.41, 5.74) is 3.13. The molecule has 0 bridgehead atoms. The molecule has 21 heavy (non-hydrogen) atoms. The third kappa shape index (κ3) is 4.46. The average molecular weight is 395 g/mol. The van der Waals surface area contributed by atoms with Gasteiger partial charge in [-0.05, 0) is 90.9 Å². The minimum Gasteiger partial charge on any atom is -0.481 e. The van der Waals surface area contributed by atoms with Gasteiger partial charge in [0.05, 0.1) is 0 Å². The number of carbonyl (C=O) groups is 1. The lowest BCUT2D eigenvalue weighted by atomic mass is 10.1. The van der Waals surface area contributed by atoms with Crippen LogP contribution >= 0.6 is 22.6 Å². The molecular weight excluding hydrogens is 377 g/mol. The van der Waals surface area contributed by atoms with Crippen molar-refractivity contribution in [2.75, 3.05) is 5.32 Å². The van der Waals surface area contributed by atoms with Crippen LogP contribution in [0.3, 0.4) is 0 Å². The minimum absolute atomic E-state index is 0.158. The summed E-state index contributed by atoms with van der Waals surface area (Å²) in [4.78, 5) is 12.1. The van der Waals surface area contributed by atoms with Gasteiger partial charge in [0.1, 0.15) is 5.75 Å². The summed E-state index contributed by atoms with van der Waals surface area (Å²) < 4.78 is 6.82. The number of carbonyl (C=O) groups excluding carboxylic acids is 1. The number of benzene rings is 2. The fraction of sp³-hybridized carbons (Fsp3) is 0.235. The highest BCUT2D eigenvalue weighted by Gasteiger charge is 2.15. The van der Waals surface area contributed by atoms with Crippen molar-refractivity contribution < 1.29 is 9.53 Å². The van der Waals surface area contributed by atoms with Crippen molar-refractivity contribution in [1.82, 2.24) is 0 Å². The Bertz CT molecular complexity index is 638. The van der Waals surface area contributed by atoms with E-state index in [4.69, 9.17) is 4.74 Å². The molecule has 0 aliphatic heterocycles. The predicted molar refractivity (Wildman–Crippen MR) is 93.8 cm³/mol. The smallest absolute Gasteiger partial charge is 0.265 e. The lowest BCUT2D eigenvalue weighted by molar-refractivity contribution is -0.122. The fourth-order valence-corrected chi connectivity index (χ4v) is 2.18. The molecule has 1 amide bonds. The summed E-state index contributed by atoms with van der Waals surface area (Å²) >= 11 is 2.23. The topological polar surface area (TPSA) is 38.3 Å². The summed E-state index contributed by atoms with van der Waals surface area (Å²) in [6.45, 7) is 5.82. The number of hydrogen-bond donors (Lipinski definition) is 1. The molecule has 0 aromatic heterocycles. The van der Waals surface area contributed by atoms with Crippen LogP contribution in [0.4, 0.5) is 5.69 Å². The van der Waals surface area contributed by atoms with Gasteiger partial charge < -0.3 is 10.1 Å². The molecule has 0 radical (unpaired) electrons. The Morgan fingerprint density at radius 2 is 1.76 bits per heavy atom. The lowest BCUT2D eigenvalue weighted by Gasteiger charge is -2.15. The normalized spacial score (nSPS) is 11.8. The number of halogens is 1. The second kappa shape index (κ2) is 6.93. The molecule has 1 unspecified atom stereocenters. The first-order chi connectivity index (χ1) is 9.95. The maximum absolute atomic E-state index is 12.1. The first-order valence-corrected chi connectivity index (χ1v) is 7.84. The van der Waals surface area contributed by atoms with Crippen LogP contribution in [-0.2, 0) is 4.79 Å². The van der Waals surface area contributed by atoms with Crippen molar-refractivity contribution >= 4 is 34.2 Å². The molecule has 0 aliphatic carbocycles. The van der Waals surface area contributed by atoms with Gasteiger partial charge in [0, 0.05) is 9.26 Å². The Hall–Kier alpha value is -1.56. The number of nitrogens with one attached hydrogen (secondary N) is 1. The first-order valence-electron chi connectivity index (χ1n) is 6.76. The molecule has 0 fully saturated rings. The Labute approximate surface area is 138 Å². The Morgan fingerprint density at radius 1 is 1.10 bits per heavy atom. The van der Waals surface area contributed by atoms with E-state index in [9.17, 15) is 4.79 Å². The fourth-order valence-electron chi connectivity index (χ4n) is 1.82. The van der Waals surface area contributed by atoms with Crippen LogP contribution in [0.5, 0.6) is 5.75 Å². The number of anilines is 1. The van der Waals surface area contributed by atoms with E-state index >= 15 is 0 Å². The van der Waals surface area contributed by atoms with E-state index < -0.39 is 6.10 Å². The molecule has 0 aliphatic rings. The molecule has 0 saturated heterocycles. The van der Waals surface area contributed by atoms with Crippen molar-refractivity contribution in [3.63, 3.8) is 0 Å². The highest BCUT2D eigenvalue weighted by Crippen LogP contribution is 2.18. The molecule has 110 valence electrons. The Morgan fingerprint density at radius 3 is 2.38 bits per heavy atom. The van der Waals surface area contributed by atoms with Gasteiger partial charge in [0.25, 0.3) is 5.91 Å². The van der Waals surface area contributed by atoms with Crippen LogP contribution in [-0.4, -0.2) is 12.0 Å². The zero-order valence-corrected chi connectivity index (χ0v) is 14.5. The molecule has 0 saturated carbocycles. The minimum atomic E-state index is -0.550. The standard InChI is InChI=1S/C17H18INO2/c1-11-4-9-16(10-12(11)2)21-13(3)17(20)19-15-7-5-14(18)6-8-15/h4-10,13H,1-3H3,(H,19,20). The maximum Gasteiger partial charge on any atom is 0.265 e. The Balaban J connectivity index is 1.98. The van der Waals surface area contributed by atoms with Crippen molar-refractivity contribution in [1.29, 1.82) is 0 Å². The molecular formula is C17H18INO2. The number of aryl methyl sites for hydroxylation is 2. The summed E-state index contributed by atoms with van der Waals surface area (Å²) in [6.07, 6.45) is -0.550. The molecule has 2 aromatic rings. The van der Waals surface area contributed by atoms with Crippen LogP contribution < -0.4 is 10.1 Å². The van der Waals surface area contributed by atoms with Gasteiger partial charge in [-0.1, -0.05) is 6.07 Å². The van der Waals surface area contributed by atoms with Gasteiger partial charge in [-0.2, -0.15) is 0 Å². The van der Waals surface area contributed by atoms with E-state index in [0.29, 0.717) is 5.75 Å². The molecule has 0 spiro atoms. The van der Waals surface area contributed by atoms with Gasteiger partial charge in [0.15, 0.2) is 6.10 Å². The zero-order chi connectivity index (χ0) is 15.4. The molecule has 3 nitrogen and oxygen atoms in total. The average Bonchev–Trinajstić information content (AvgIpc) is 2.45. The summed E-state index contributed by atoms with van der Waals surface area (Å²) in [6, 6.07) is 13.5. The molecule has 2 rings (SSSR count). The maximum atomic E-state index is 12.1. The summed E-state index contributed by atoms with van der Waals surface area (Å²) in [5.74, 6) is 0.554. The number of amides is 1. The Kier molecular flexibility index (Phi) is 5.22. The van der Waals surface area contributed by atoms with E-state index in [1.165, 1.54) is 5.56 Å². The monoisotopic (exact) mass is 395 g/mol. The highest BCUT2D eigenvalue weighted by atomic mass is 127. The number of rotatable bonds is 4. The number of hydrogen-bond acceptors (Lipinski definition) is 2. The van der Waals surface area contributed by atoms with Crippen molar-refractivity contribution in [2.24, 2.45) is 0 Å². The largest absolute Gasteiger partial charge is 0.481 e. The molecule has 1 N–H and O–H groups in total. The zero-order valence-electron chi connectivity index (χ0n) is 12.3. The van der Waals surface area contributed by atoms with Crippen LogP contribution in [0.1, 0.15) is 18.1 Å². The third-order valence-electron chi connectivity index (χ3n) is 3.27. The van der Waals surface area contributed by atoms with Gasteiger partial charge in [-0.15, -0.1) is 0 Å². The summed E-state index contributed by atoms with van der Waals surface area (Å²) in [7, 11) is 0. The van der Waals surface area contributed by atoms with E-state index in [-0.39, 0.29) is 5.91 Å². The van der Waals surface area contributed by atoms with Crippen molar-refractivity contribution in [3.8, 4) is 5.75 Å². The summed E-state index contributed by atoms with van der Waals surface area (Å²) in [5, 5.41) is 2.85. The van der Waals surface area contributed by atoms with E-state index in [1.54, 1.807) is 6.92 Å². The van der Waals surface area contributed by atoms with Gasteiger partial charge in [-0.3, -0.25) is 4.79 Å². The van der Waals surface area contributed by atoms with Crippen LogP contribution in [0.2, 0.25) is 0 Å². The van der Waals surface area contributed by atoms with Crippen LogP contribution in [0, 0.1) is 17.4 Å². The highest BCUT2D eigenvalue weighted by molar-refractivity contribution is 14.1. The van der Waals surface area contributed by atoms with Gasteiger partial charge in [0.2, 0.25) is 0 Å². The van der Waals surface area contributed by atoms with Gasteiger partial charge in [-0.25, -0.2) is 0 Å². The van der Waals surface area contributed by atoms with Crippen molar-refractivity contribution in [2.45, 2.75) is 26.9 Å². The number of ether oxygens (including phenoxy) is 1. The first kappa shape index (κ1) is 15.8. The SMILES string of the molecule is Cc1ccc(OC(C)C(=O)Nc2ccc(I)cc2)cc1C. The molecule has 2 aromatic carbocycles. The second-order valence-corrected chi connectivity index (χ2v) is 6.25. The molecule has 1 atom stereocenters. The van der Waals surface area contributed by atoms with E-state index in [1.807, 2.05) is 56.3 Å². The third-order valence-corrected chi connectivity index (χ3v) is 3.99. The predicted octanol–water partition coefficient (Wildman–Crippen LogP) is 4.31. The molecule has 4 heteroatoms. The second-order valence-electron chi connectivity index (χ2n) is 5.00. The van der Waals surface area contributed by atoms with E-state index in [2.05, 4.69) is 27.9 Å². The van der Waals surface area contributed by atoms with Crippen molar-refractivity contribution in [3.05, 3.63) is 57.2 Å². The lowest BCUT2D eigenvalue weighted by Crippen LogP contribution is -2.30. The van der Waals surface area contributed by atoms with Crippen LogP contribution in [0.15, 0.2) is 42.5 Å². The van der Waals surface area contributed by atoms with E-state index in [0.717, 1.165) is 14.8 Å².